The van der Waals surface area contributed by atoms with Crippen LogP contribution < -0.4 is 0 Å². The fourth-order valence-corrected chi connectivity index (χ4v) is 19.3. The minimum Gasteiger partial charge on any atom is -0.466 e. The van der Waals surface area contributed by atoms with E-state index < -0.39 is 0 Å². The zero-order valence-corrected chi connectivity index (χ0v) is 93.3. The van der Waals surface area contributed by atoms with Crippen LogP contribution in [0.3, 0.4) is 0 Å². The fourth-order valence-electron chi connectivity index (χ4n) is 11.2. The summed E-state index contributed by atoms with van der Waals surface area (Å²) in [4.78, 5) is 29.6. The van der Waals surface area contributed by atoms with Gasteiger partial charge in [0.05, 0.1) is 32.8 Å². The molecule has 0 spiro atoms. The van der Waals surface area contributed by atoms with Crippen LogP contribution >= 0.6 is 91.1 Å². The van der Waals surface area contributed by atoms with Gasteiger partial charge in [-0.15, -0.1) is 68.0 Å². The molecule has 0 aliphatic carbocycles. The summed E-state index contributed by atoms with van der Waals surface area (Å²) in [6.07, 6.45) is 2.00. The molecule has 0 N–H and O–H groups in total. The first kappa shape index (κ1) is 156. The predicted molar refractivity (Wildman–Crippen MR) is 640 cm³/mol. The lowest BCUT2D eigenvalue weighted by atomic mass is 9.99. The van der Waals surface area contributed by atoms with Crippen molar-refractivity contribution in [1.82, 2.24) is 33.8 Å². The Morgan fingerprint density at radius 2 is 0.721 bits per heavy atom. The van der Waals surface area contributed by atoms with Crippen LogP contribution in [0.15, 0.2) is 84.2 Å². The van der Waals surface area contributed by atoms with E-state index in [4.69, 9.17) is 13.4 Å². The predicted octanol–water partition coefficient (Wildman–Crippen LogP) is 46.9. The summed E-state index contributed by atoms with van der Waals surface area (Å²) in [5.41, 5.74) is 10.6. The highest BCUT2D eigenvalue weighted by Crippen LogP contribution is 2.37. The Balaban J connectivity index is -0.000000123. The lowest BCUT2D eigenvalue weighted by Crippen LogP contribution is -1.91. The second-order valence-electron chi connectivity index (χ2n) is 39.6. The lowest BCUT2D eigenvalue weighted by Gasteiger charge is -2.06. The average molecular weight is 2040 g/mol. The minimum atomic E-state index is 0. The highest BCUT2D eigenvalue weighted by molar-refractivity contribution is 7.13. The third kappa shape index (κ3) is 57.3. The summed E-state index contributed by atoms with van der Waals surface area (Å²) in [5.74, 6) is 18.7. The van der Waals surface area contributed by atoms with Crippen molar-refractivity contribution in [2.24, 2.45) is 0 Å². The van der Waals surface area contributed by atoms with Crippen LogP contribution in [0.5, 0.6) is 0 Å². The van der Waals surface area contributed by atoms with E-state index in [0.717, 1.165) is 51.2 Å². The number of thiophene rings is 4. The molecule has 796 valence electrons. The van der Waals surface area contributed by atoms with Gasteiger partial charge in [-0.25, -0.2) is 19.9 Å². The van der Waals surface area contributed by atoms with Gasteiger partial charge in [0.1, 0.15) is 33.9 Å². The zero-order chi connectivity index (χ0) is 95.3. The molecule has 11 aromatic heterocycles. The molecule has 11 aromatic rings. The average Bonchev–Trinajstić information content (AvgIpc) is 1.70. The van der Waals surface area contributed by atoms with Gasteiger partial charge in [0, 0.05) is 110 Å². The van der Waals surface area contributed by atoms with Crippen molar-refractivity contribution in [2.75, 3.05) is 0 Å². The maximum Gasteiger partial charge on any atom is 0.197 e. The molecule has 0 aromatic carbocycles. The maximum atomic E-state index is 5.63. The molecule has 10 nitrogen and oxygen atoms in total. The van der Waals surface area contributed by atoms with Crippen molar-refractivity contribution in [3.63, 3.8) is 0 Å². The number of oxazole rings is 1. The van der Waals surface area contributed by atoms with E-state index in [1.54, 1.807) is 32.6 Å². The molecule has 11 rings (SSSR count). The van der Waals surface area contributed by atoms with E-state index in [2.05, 4.69) is 411 Å². The van der Waals surface area contributed by atoms with Gasteiger partial charge in [-0.2, -0.15) is 8.75 Å². The van der Waals surface area contributed by atoms with Crippen LogP contribution in [0, 0.1) is 20.8 Å². The normalized spacial score (nSPS) is 10.5. The number of hydrogen-bond donors (Lipinski definition) is 0. The van der Waals surface area contributed by atoms with E-state index in [-0.39, 0.29) is 89.1 Å². The summed E-state index contributed by atoms with van der Waals surface area (Å²) in [5, 5.41) is 14.4. The molecule has 18 heteroatoms. The molecule has 11 heterocycles. The van der Waals surface area contributed by atoms with Crippen molar-refractivity contribution < 1.29 is 13.4 Å². The van der Waals surface area contributed by atoms with E-state index in [1.165, 1.54) is 84.5 Å². The van der Waals surface area contributed by atoms with Crippen LogP contribution in [-0.2, 0) is 0 Å². The van der Waals surface area contributed by atoms with Crippen molar-refractivity contribution in [3.8, 4) is 0 Å². The second-order valence-corrected chi connectivity index (χ2v) is 47.3. The Labute approximate surface area is 880 Å². The standard InChI is InChI=1S/2C11H18S.C10H17NO.C10H16O.2C10H16S.C9H15NO.3C9H15NS.C8H14N2S.12CH4/c1-7(2)10-6-12-11(8(3)4)9(10)5;1-7(2)10-6-9(5)11(12-10)8(3)4;1-6(2)9-8(5)11-10(12-9)7(3)4;1-7(2)9-5-6-10(11-9)8(3)4;1-7(2)9-5-10(8(3)4)11-6-9;1-7(2)9-5-6-10(11-9)8(3)4;1-6(2)8-5-9(7(3)4)11-10-8;1-6(2)8-5-11-9(10-8)7(3)4;1-6(2)8-5-10-9(11-8)7(3)4;1-6(2)8-5-9(7(3)4)11-10-8;1-5(2)7-9-8(6(3)4)11-10-7;;;;;;;;;;;;/h2*6-8H,1-5H3;6-7H,1-5H3;3*5-8H,1-4H3;4*5-7H,1-4H3;5-6H,1-4H3;12*1H4. The summed E-state index contributed by atoms with van der Waals surface area (Å²) in [6, 6.07) is 17.6. The number of thiazole rings is 2. The van der Waals surface area contributed by atoms with Gasteiger partial charge in [0.25, 0.3) is 0 Å². The molecule has 0 aliphatic heterocycles. The second kappa shape index (κ2) is 78.5. The molecule has 0 saturated carbocycles. The molecule has 0 fully saturated rings. The van der Waals surface area contributed by atoms with E-state index in [9.17, 15) is 0 Å². The van der Waals surface area contributed by atoms with Gasteiger partial charge < -0.3 is 13.4 Å². The maximum absolute atomic E-state index is 5.63. The topological polar surface area (TPSA) is 130 Å². The first-order valence-electron chi connectivity index (χ1n) is 46.6. The highest BCUT2D eigenvalue weighted by atomic mass is 32.1. The van der Waals surface area contributed by atoms with Gasteiger partial charge in [0.15, 0.2) is 5.89 Å². The highest BCUT2D eigenvalue weighted by Gasteiger charge is 2.19. The Morgan fingerprint density at radius 1 is 0.272 bits per heavy atom. The van der Waals surface area contributed by atoms with Crippen LogP contribution in [0.4, 0.5) is 0 Å². The van der Waals surface area contributed by atoms with Crippen LogP contribution in [0.1, 0.15) is 658 Å². The molecule has 0 bridgehead atoms. The largest absolute Gasteiger partial charge is 0.466 e. The third-order valence-corrected chi connectivity index (χ3v) is 30.8. The summed E-state index contributed by atoms with van der Waals surface area (Å²) >= 11 is 14.5. The van der Waals surface area contributed by atoms with Crippen molar-refractivity contribution in [1.29, 1.82) is 0 Å². The van der Waals surface area contributed by atoms with Gasteiger partial charge in [-0.1, -0.05) is 399 Å². The van der Waals surface area contributed by atoms with Gasteiger partial charge in [-0.3, -0.25) is 0 Å². The van der Waals surface area contributed by atoms with Crippen molar-refractivity contribution >= 4 is 91.1 Å². The summed E-state index contributed by atoms with van der Waals surface area (Å²) in [7, 11) is 0. The quantitative estimate of drug-likeness (QED) is 0.0646. The van der Waals surface area contributed by atoms with Crippen LogP contribution in [0.25, 0.3) is 0 Å². The van der Waals surface area contributed by atoms with Crippen molar-refractivity contribution in [3.05, 3.63) is 205 Å². The molecule has 0 saturated heterocycles. The molecular weight excluding hydrogens is 1820 g/mol. The number of aryl methyl sites for hydroxylation is 2. The monoisotopic (exact) mass is 2040 g/mol. The Morgan fingerprint density at radius 3 is 0.949 bits per heavy atom. The minimum absolute atomic E-state index is 0. The fraction of sp³-hybridized carbons (Fsp3) is 0.686. The smallest absolute Gasteiger partial charge is 0.197 e. The number of rotatable bonds is 22. The van der Waals surface area contributed by atoms with Crippen LogP contribution in [0.2, 0.25) is 0 Å². The molecule has 0 unspecified atom stereocenters. The van der Waals surface area contributed by atoms with E-state index in [0.29, 0.717) is 130 Å². The summed E-state index contributed by atoms with van der Waals surface area (Å²) in [6.45, 7) is 103. The first-order valence-corrected chi connectivity index (χ1v) is 53.2. The number of hydrogen-bond acceptors (Lipinski definition) is 18. The summed E-state index contributed by atoms with van der Waals surface area (Å²) < 4.78 is 25.0. The molecule has 0 atom stereocenters. The van der Waals surface area contributed by atoms with E-state index >= 15 is 0 Å². The SMILES string of the molecule is C.C.C.C.C.C.C.C.C.C.C.C.CC(C)c1cc(C(C)C)on1.CC(C)c1cc(C(C)C)sn1.CC(C)c1ccc(C(C)C)o1.CC(C)c1ccc(C(C)C)s1.CC(C)c1cnc(C(C)C)s1.CC(C)c1csc(C(C)C)c1.CC(C)c1csc(C(C)C)n1.CC(C)c1nsc(C(C)C)n1.Cc1c(C(C)C)csc1C(C)C.Cc1cc(C(C)C)sc1C(C)C.Cc1nc(C(C)C)oc1C(C)C. The Bertz CT molecular complexity index is 3680. The number of furan rings is 1. The molecule has 0 radical (unpaired) electrons. The Hall–Kier alpha value is -5.05. The molecule has 136 heavy (non-hydrogen) atoms. The molecular formula is C118H223N7O3S8. The number of aromatic nitrogens is 7. The zero-order valence-electron chi connectivity index (χ0n) is 86.8. The lowest BCUT2D eigenvalue weighted by molar-refractivity contribution is 0.363. The molecule has 0 aliphatic rings. The van der Waals surface area contributed by atoms with Crippen LogP contribution in [-0.4, -0.2) is 33.8 Å². The van der Waals surface area contributed by atoms with Gasteiger partial charge >= 0.3 is 0 Å². The van der Waals surface area contributed by atoms with Gasteiger partial charge in [0.2, 0.25) is 0 Å². The van der Waals surface area contributed by atoms with Crippen molar-refractivity contribution in [2.45, 2.75) is 545 Å². The number of nitrogens with zero attached hydrogens (tertiary/aromatic N) is 7. The first-order chi connectivity index (χ1) is 57.4. The van der Waals surface area contributed by atoms with Gasteiger partial charge in [-0.05, 0) is 196 Å². The van der Waals surface area contributed by atoms with E-state index in [1.807, 2.05) is 75.9 Å². The molecule has 0 amide bonds. The third-order valence-electron chi connectivity index (χ3n) is 19.8. The Kier molecular flexibility index (Phi) is 90.2.